The number of ether oxygens (including phenoxy) is 5. The number of para-hydroxylation sites is 1. The molecule has 2 N–H and O–H groups in total. The molecule has 13 atom stereocenters. The van der Waals surface area contributed by atoms with E-state index in [1.165, 1.54) is 14.0 Å². The van der Waals surface area contributed by atoms with E-state index in [4.69, 9.17) is 23.7 Å². The van der Waals surface area contributed by atoms with Gasteiger partial charge in [0.25, 0.3) is 0 Å². The van der Waals surface area contributed by atoms with Gasteiger partial charge >= 0.3 is 12.1 Å². The number of carbonyl (C=O) groups is 4. The number of methoxy groups -OCH3 is 1. The Kier molecular flexibility index (Phi) is 13.4. The van der Waals surface area contributed by atoms with Crippen molar-refractivity contribution >= 4 is 34.5 Å². The Hall–Kier alpha value is -3.49. The van der Waals surface area contributed by atoms with E-state index >= 15 is 0 Å². The number of likely N-dealkylation sites (N-methyl/N-ethyl adjacent to an activating group) is 1. The second-order valence-corrected chi connectivity index (χ2v) is 16.8. The van der Waals surface area contributed by atoms with Gasteiger partial charge in [0.15, 0.2) is 17.7 Å². The van der Waals surface area contributed by atoms with Crippen LogP contribution in [0.2, 0.25) is 0 Å². The van der Waals surface area contributed by atoms with E-state index in [9.17, 15) is 24.3 Å². The number of amides is 1. The fourth-order valence-corrected chi connectivity index (χ4v) is 8.95. The number of aromatic nitrogens is 1. The van der Waals surface area contributed by atoms with E-state index < -0.39 is 83.4 Å². The van der Waals surface area contributed by atoms with Gasteiger partial charge in [0.1, 0.15) is 23.9 Å². The van der Waals surface area contributed by atoms with Crippen LogP contribution in [0, 0.1) is 23.7 Å². The number of hydrogen-bond donors (Lipinski definition) is 2. The Bertz CT molecular complexity index is 1700. The molecule has 1 aromatic heterocycles. The topological polar surface area (TPSA) is 163 Å². The van der Waals surface area contributed by atoms with Crippen LogP contribution >= 0.6 is 0 Å². The average molecular weight is 768 g/mol. The van der Waals surface area contributed by atoms with E-state index in [-0.39, 0.29) is 24.3 Å². The molecule has 3 fully saturated rings. The number of nitrogens with zero attached hydrogens (tertiary/aromatic N) is 2. The van der Waals surface area contributed by atoms with E-state index in [0.717, 1.165) is 29.3 Å². The summed E-state index contributed by atoms with van der Waals surface area (Å²) in [6, 6.07) is 8.92. The number of carbonyl (C=O) groups excluding carboxylic acids is 4. The number of Topliss-reactive ketones (excluding diaryl/α,β-unsaturated/α-hetero) is 2. The monoisotopic (exact) mass is 767 g/mol. The number of aliphatic hydroxyl groups is 1. The third-order valence-corrected chi connectivity index (χ3v) is 12.4. The number of aryl methyl sites for hydroxylation is 1. The Labute approximate surface area is 325 Å². The summed E-state index contributed by atoms with van der Waals surface area (Å²) in [7, 11) is 5.23. The number of alkyl carbamates (subject to hydrolysis) is 1. The molecule has 5 rings (SSSR count). The first-order valence-electron chi connectivity index (χ1n) is 19.7. The van der Waals surface area contributed by atoms with Crippen molar-refractivity contribution < 1.29 is 48.0 Å². The molecule has 0 bridgehead atoms. The fourth-order valence-electron chi connectivity index (χ4n) is 8.95. The molecule has 3 saturated heterocycles. The summed E-state index contributed by atoms with van der Waals surface area (Å²) in [4.78, 5) is 62.2. The third-order valence-electron chi connectivity index (χ3n) is 12.4. The summed E-state index contributed by atoms with van der Waals surface area (Å²) < 4.78 is 31.0. The van der Waals surface area contributed by atoms with Crippen LogP contribution in [0.1, 0.15) is 86.1 Å². The minimum atomic E-state index is -1.41. The minimum absolute atomic E-state index is 0.133. The number of ketones is 2. The second-order valence-electron chi connectivity index (χ2n) is 16.8. The van der Waals surface area contributed by atoms with Crippen LogP contribution in [0.4, 0.5) is 4.79 Å². The van der Waals surface area contributed by atoms with Crippen molar-refractivity contribution in [2.45, 2.75) is 141 Å². The molecular formula is C42H61N3O10. The highest BCUT2D eigenvalue weighted by atomic mass is 16.7. The highest BCUT2D eigenvalue weighted by Crippen LogP contribution is 2.40. The maximum atomic E-state index is 14.4. The molecule has 1 aromatic carbocycles. The molecule has 55 heavy (non-hydrogen) atoms. The fraction of sp³-hybridized carbons (Fsp3) is 0.690. The lowest BCUT2D eigenvalue weighted by Crippen LogP contribution is -2.60. The lowest BCUT2D eigenvalue weighted by atomic mass is 9.73. The zero-order valence-electron chi connectivity index (χ0n) is 34.1. The van der Waals surface area contributed by atoms with Gasteiger partial charge in [-0.15, -0.1) is 0 Å². The Morgan fingerprint density at radius 2 is 1.71 bits per heavy atom. The molecule has 4 heterocycles. The van der Waals surface area contributed by atoms with Gasteiger partial charge in [-0.25, -0.2) is 4.79 Å². The number of unbranched alkanes of at least 4 members (excludes halogenated alkanes) is 1. The minimum Gasteiger partial charge on any atom is -0.457 e. The largest absolute Gasteiger partial charge is 0.457 e. The van der Waals surface area contributed by atoms with Gasteiger partial charge in [0, 0.05) is 42.5 Å². The van der Waals surface area contributed by atoms with Crippen molar-refractivity contribution in [2.75, 3.05) is 21.2 Å². The number of esters is 1. The van der Waals surface area contributed by atoms with E-state index in [1.54, 1.807) is 34.6 Å². The first-order valence-corrected chi connectivity index (χ1v) is 19.7. The van der Waals surface area contributed by atoms with E-state index in [2.05, 4.69) is 16.4 Å². The van der Waals surface area contributed by atoms with E-state index in [0.29, 0.717) is 19.3 Å². The third kappa shape index (κ3) is 9.06. The number of benzene rings is 1. The lowest BCUT2D eigenvalue weighted by Gasteiger charge is -2.47. The van der Waals surface area contributed by atoms with Gasteiger partial charge in [-0.3, -0.25) is 19.4 Å². The highest BCUT2D eigenvalue weighted by Gasteiger charge is 2.57. The number of aliphatic hydroxyl groups excluding tert-OH is 1. The first kappa shape index (κ1) is 42.6. The Morgan fingerprint density at radius 3 is 2.40 bits per heavy atom. The van der Waals surface area contributed by atoms with Crippen molar-refractivity contribution in [1.29, 1.82) is 0 Å². The summed E-state index contributed by atoms with van der Waals surface area (Å²) in [5, 5.41) is 15.3. The number of cyclic esters (lactones) is 1. The summed E-state index contributed by atoms with van der Waals surface area (Å²) >= 11 is 0. The molecule has 304 valence electrons. The van der Waals surface area contributed by atoms with Crippen LogP contribution in [-0.4, -0.2) is 114 Å². The lowest BCUT2D eigenvalue weighted by molar-refractivity contribution is -0.295. The standard InChI is InChI=1S/C42H61N3O10/c1-23-21-41(6,51-10)37(54-39-35(48)31(45(8)9)19-24(2)52-39)26(4)34(47)27(5)38(49)53-32(42(7)36(25(3)33(23)46)44-40(50)55-42)18-14-11-15-28-20-29-16-12-13-17-30(29)43-22-28/h12-13,16-17,20,22-27,31-32,35-37,39,48H,11,14-15,18-19,21H2,1-10H3,(H,44,50)/t23-,24?,25?,26+,27?,31?,32-,35?,36?,37?,39?,41-,42-/m1/s1. The smallest absolute Gasteiger partial charge is 0.408 e. The van der Waals surface area contributed by atoms with Crippen LogP contribution in [0.3, 0.4) is 0 Å². The maximum Gasteiger partial charge on any atom is 0.408 e. The molecule has 0 spiro atoms. The predicted octanol–water partition coefficient (Wildman–Crippen LogP) is 5.03. The SMILES string of the molecule is CO[C@]1(C)C[C@@H](C)C(=O)C(C)C2NC(=O)O[C@]2(C)[C@@H](CCCCc2cnc3ccccc3c2)OC(=O)C(C)C(=O)[C@H](C)C1OC1OC(C)CC(N(C)C)C1O. The zero-order valence-corrected chi connectivity index (χ0v) is 34.1. The number of nitrogens with one attached hydrogen (secondary N) is 1. The second kappa shape index (κ2) is 17.3. The van der Waals surface area contributed by atoms with Crippen LogP contribution in [-0.2, 0) is 44.5 Å². The first-order chi connectivity index (χ1) is 25.9. The van der Waals surface area contributed by atoms with Crippen LogP contribution in [0.15, 0.2) is 36.5 Å². The van der Waals surface area contributed by atoms with Crippen LogP contribution in [0.25, 0.3) is 10.9 Å². The van der Waals surface area contributed by atoms with Crippen molar-refractivity contribution in [3.8, 4) is 0 Å². The van der Waals surface area contributed by atoms with E-state index in [1.807, 2.05) is 56.4 Å². The summed E-state index contributed by atoms with van der Waals surface area (Å²) in [5.41, 5.74) is -0.675. The van der Waals surface area contributed by atoms with Crippen molar-refractivity contribution in [3.63, 3.8) is 0 Å². The molecule has 1 amide bonds. The molecular weight excluding hydrogens is 706 g/mol. The van der Waals surface area contributed by atoms with Crippen LogP contribution in [0.5, 0.6) is 0 Å². The quantitative estimate of drug-likeness (QED) is 0.199. The Balaban J connectivity index is 1.45. The van der Waals surface area contributed by atoms with Gasteiger partial charge in [-0.2, -0.15) is 0 Å². The summed E-state index contributed by atoms with van der Waals surface area (Å²) in [6.45, 7) is 12.1. The molecule has 0 radical (unpaired) electrons. The van der Waals surface area contributed by atoms with Crippen molar-refractivity contribution in [3.05, 3.63) is 42.1 Å². The predicted molar refractivity (Wildman–Crippen MR) is 205 cm³/mol. The van der Waals surface area contributed by atoms with Crippen molar-refractivity contribution in [1.82, 2.24) is 15.2 Å². The summed E-state index contributed by atoms with van der Waals surface area (Å²) in [6.07, 6.45) is -0.205. The van der Waals surface area contributed by atoms with Gasteiger partial charge in [-0.05, 0) is 98.0 Å². The molecule has 13 heteroatoms. The van der Waals surface area contributed by atoms with Crippen LogP contribution < -0.4 is 5.32 Å². The molecule has 3 aliphatic rings. The number of pyridine rings is 1. The molecule has 3 aliphatic heterocycles. The van der Waals surface area contributed by atoms with Crippen molar-refractivity contribution in [2.24, 2.45) is 23.7 Å². The summed E-state index contributed by atoms with van der Waals surface area (Å²) in [5.74, 6) is -4.97. The average Bonchev–Trinajstić information content (AvgIpc) is 3.47. The zero-order chi connectivity index (χ0) is 40.4. The number of hydrogen-bond acceptors (Lipinski definition) is 12. The molecule has 0 saturated carbocycles. The number of rotatable bonds is 9. The Morgan fingerprint density at radius 1 is 1.00 bits per heavy atom. The van der Waals surface area contributed by atoms with Gasteiger partial charge in [0.05, 0.1) is 29.4 Å². The molecule has 13 nitrogen and oxygen atoms in total. The molecule has 8 unspecified atom stereocenters. The molecule has 0 aliphatic carbocycles. The van der Waals surface area contributed by atoms with Gasteiger partial charge < -0.3 is 39.0 Å². The molecule has 2 aromatic rings. The van der Waals surface area contributed by atoms with Gasteiger partial charge in [-0.1, -0.05) is 39.0 Å². The highest BCUT2D eigenvalue weighted by molar-refractivity contribution is 6.00. The number of fused-ring (bicyclic) bond motifs is 2. The van der Waals surface area contributed by atoms with Gasteiger partial charge in [0.2, 0.25) is 0 Å². The maximum absolute atomic E-state index is 14.4. The normalized spacial score (nSPS) is 37.9.